The Morgan fingerprint density at radius 3 is 2.58 bits per heavy atom. The lowest BCUT2D eigenvalue weighted by Crippen LogP contribution is -2.68. The maximum atomic E-state index is 12.3. The number of rotatable bonds is 17. The Hall–Kier alpha value is -1.28. The van der Waals surface area contributed by atoms with Crippen molar-refractivity contribution in [2.75, 3.05) is 39.6 Å². The number of nitrogens with two attached hydrogens (primary N) is 1. The largest absolute Gasteiger partial charge is 0.747 e. The predicted octanol–water partition coefficient (Wildman–Crippen LogP) is -3.03. The molecule has 0 saturated carbocycles. The fraction of sp³-hybridized carbons (Fsp3) is 0.909. The van der Waals surface area contributed by atoms with E-state index in [0.29, 0.717) is 19.9 Å². The van der Waals surface area contributed by atoms with E-state index in [1.165, 1.54) is 13.8 Å². The van der Waals surface area contributed by atoms with Crippen LogP contribution in [0.15, 0.2) is 0 Å². The molecule has 10 atom stereocenters. The van der Waals surface area contributed by atoms with Crippen LogP contribution in [0.1, 0.15) is 20.3 Å². The molecule has 3 aliphatic rings. The van der Waals surface area contributed by atoms with E-state index >= 15 is 0 Å². The van der Waals surface area contributed by atoms with Crippen molar-refractivity contribution in [3.63, 3.8) is 0 Å². The topological polar surface area (TPSA) is 255 Å². The first-order valence-corrected chi connectivity index (χ1v) is 16.2. The van der Waals surface area contributed by atoms with Gasteiger partial charge in [0.25, 0.3) is 0 Å². The summed E-state index contributed by atoms with van der Waals surface area (Å²) in [5.74, 6) is -0.986. The van der Waals surface area contributed by atoms with Crippen molar-refractivity contribution in [2.45, 2.75) is 82.4 Å². The minimum Gasteiger partial charge on any atom is -0.387 e. The van der Waals surface area contributed by atoms with Gasteiger partial charge in [-0.15, -0.1) is 9.05 Å². The first-order chi connectivity index (χ1) is 20.4. The molecule has 43 heavy (non-hydrogen) atoms. The summed E-state index contributed by atoms with van der Waals surface area (Å²) in [6, 6.07) is -0.163. The summed E-state index contributed by atoms with van der Waals surface area (Å²) in [4.78, 5) is 25.8. The van der Waals surface area contributed by atoms with Crippen LogP contribution in [0.4, 0.5) is 0 Å². The standard InChI is InChI=1S/C22H41BN7O11P2/c1-22(2,17(34)20(35)26-6-4-13(31)25-7-5-23-3)9-39-43(37)41-42(36)38-8-12-15(32)16(33)21(40-12)30-11-29-14-18(24)27-10-28-19(14)30/h12,14-19,21,27-29,32-34H,4-11,24H2,1-3H3/p+2/t12-,14?,15?,16?,17+,18+,19?,21-/m1/s1. The molecule has 0 spiro atoms. The van der Waals surface area contributed by atoms with E-state index in [0.717, 1.165) is 6.32 Å². The Morgan fingerprint density at radius 2 is 1.86 bits per heavy atom. The molecule has 0 aromatic carbocycles. The Morgan fingerprint density at radius 1 is 1.14 bits per heavy atom. The summed E-state index contributed by atoms with van der Waals surface area (Å²) >= 11 is 0. The minimum atomic E-state index is -2.98. The molecule has 3 saturated heterocycles. The van der Waals surface area contributed by atoms with Crippen LogP contribution in [0.5, 0.6) is 0 Å². The monoisotopic (exact) mass is 654 g/mol. The average molecular weight is 654 g/mol. The van der Waals surface area contributed by atoms with Gasteiger partial charge < -0.3 is 36.4 Å². The summed E-state index contributed by atoms with van der Waals surface area (Å²) in [5, 5.41) is 46.1. The van der Waals surface area contributed by atoms with Crippen molar-refractivity contribution in [1.29, 1.82) is 0 Å². The van der Waals surface area contributed by atoms with Gasteiger partial charge in [0.05, 0.1) is 25.0 Å². The van der Waals surface area contributed by atoms with E-state index in [2.05, 4.69) is 26.6 Å². The van der Waals surface area contributed by atoms with Crippen LogP contribution in [0.25, 0.3) is 0 Å². The van der Waals surface area contributed by atoms with E-state index in [4.69, 9.17) is 23.8 Å². The number of hydrogen-bond acceptors (Lipinski definition) is 16. The molecule has 1 radical (unpaired) electrons. The molecule has 0 bridgehead atoms. The molecule has 3 fully saturated rings. The molecule has 0 aromatic heterocycles. The number of carbonyl (C=O) groups is 2. The van der Waals surface area contributed by atoms with Crippen LogP contribution in [0.2, 0.25) is 13.1 Å². The van der Waals surface area contributed by atoms with Crippen LogP contribution in [0, 0.1) is 5.41 Å². The highest BCUT2D eigenvalue weighted by molar-refractivity contribution is 7.47. The number of carbonyl (C=O) groups excluding carboxylic acids is 2. The summed E-state index contributed by atoms with van der Waals surface area (Å²) in [7, 11) is -4.05. The van der Waals surface area contributed by atoms with Crippen molar-refractivity contribution >= 4 is 35.6 Å². The van der Waals surface area contributed by atoms with Gasteiger partial charge in [-0.1, -0.05) is 27.0 Å². The van der Waals surface area contributed by atoms with E-state index < -0.39 is 71.7 Å². The van der Waals surface area contributed by atoms with Gasteiger partial charge in [0.15, 0.2) is 4.31 Å². The van der Waals surface area contributed by atoms with E-state index in [1.807, 2.05) is 14.1 Å². The maximum absolute atomic E-state index is 12.3. The fourth-order valence-electron chi connectivity index (χ4n) is 4.72. The molecule has 0 aromatic rings. The third-order valence-corrected chi connectivity index (χ3v) is 9.09. The molecule has 3 rings (SSSR count). The van der Waals surface area contributed by atoms with Gasteiger partial charge in [0.2, 0.25) is 11.8 Å². The molecule has 0 aliphatic carbocycles. The minimum absolute atomic E-state index is 0.0133. The van der Waals surface area contributed by atoms with Crippen LogP contribution < -0.4 is 32.3 Å². The third-order valence-electron chi connectivity index (χ3n) is 7.32. The van der Waals surface area contributed by atoms with Crippen LogP contribution in [-0.2, 0) is 36.8 Å². The number of ether oxygens (including phenoxy) is 1. The molecule has 10 N–H and O–H groups in total. The van der Waals surface area contributed by atoms with Gasteiger partial charge >= 0.3 is 16.5 Å². The number of nitrogens with one attached hydrogen (secondary N) is 5. The number of amides is 2. The number of hydrogen-bond donors (Lipinski definition) is 9. The predicted molar refractivity (Wildman–Crippen MR) is 152 cm³/mol. The summed E-state index contributed by atoms with van der Waals surface area (Å²) in [6.07, 6.45) is -6.04. The van der Waals surface area contributed by atoms with Crippen LogP contribution >= 0.6 is 16.5 Å². The van der Waals surface area contributed by atoms with Gasteiger partial charge in [-0.05, 0) is 0 Å². The van der Waals surface area contributed by atoms with Crippen LogP contribution in [-0.4, -0.2) is 128 Å². The van der Waals surface area contributed by atoms with E-state index in [9.17, 15) is 34.0 Å². The molecule has 18 nitrogen and oxygen atoms in total. The Kier molecular flexibility index (Phi) is 14.2. The summed E-state index contributed by atoms with van der Waals surface area (Å²) < 4.78 is 45.1. The van der Waals surface area contributed by atoms with Crippen LogP contribution in [0.3, 0.4) is 0 Å². The SMILES string of the molecule is C[B]CCNC(=O)CCNC(=O)[C@H](O)C(C)(C)CO[P+](=O)O[P+](=O)OC[C@H]1O[C@@H](N2CNC3C2NCN[C@@H]3N)C(O)C1O. The molecule has 243 valence electrons. The van der Waals surface area contributed by atoms with E-state index in [-0.39, 0.29) is 37.2 Å². The smallest absolute Gasteiger partial charge is 0.387 e. The molecule has 3 aliphatic heterocycles. The average Bonchev–Trinajstić information content (AvgIpc) is 3.51. The Labute approximate surface area is 252 Å². The van der Waals surface area contributed by atoms with Crippen molar-refractivity contribution in [3.05, 3.63) is 0 Å². The third kappa shape index (κ3) is 10.1. The molecular weight excluding hydrogens is 611 g/mol. The second-order valence-electron chi connectivity index (χ2n) is 11.1. The first-order valence-electron chi connectivity index (χ1n) is 14.0. The zero-order valence-corrected chi connectivity index (χ0v) is 26.2. The Bertz CT molecular complexity index is 990. The molecule has 6 unspecified atom stereocenters. The lowest BCUT2D eigenvalue weighted by molar-refractivity contribution is -0.136. The summed E-state index contributed by atoms with van der Waals surface area (Å²) in [6.45, 7) is 5.27. The van der Waals surface area contributed by atoms with Crippen molar-refractivity contribution in [3.8, 4) is 0 Å². The normalized spacial score (nSPS) is 30.8. The van der Waals surface area contributed by atoms with Gasteiger partial charge in [0.1, 0.15) is 51.1 Å². The number of nitrogens with zero attached hydrogens (tertiary/aromatic N) is 1. The molecule has 2 amide bonds. The number of aliphatic hydroxyl groups excluding tert-OH is 3. The lowest BCUT2D eigenvalue weighted by Gasteiger charge is -2.38. The highest BCUT2D eigenvalue weighted by atomic mass is 31.2. The van der Waals surface area contributed by atoms with Crippen molar-refractivity contribution in [2.24, 2.45) is 11.1 Å². The Balaban J connectivity index is 1.36. The highest BCUT2D eigenvalue weighted by Gasteiger charge is 2.53. The lowest BCUT2D eigenvalue weighted by atomic mass is 9.78. The zero-order chi connectivity index (χ0) is 31.7. The zero-order valence-electron chi connectivity index (χ0n) is 24.4. The van der Waals surface area contributed by atoms with Crippen molar-refractivity contribution in [1.82, 2.24) is 31.5 Å². The molecule has 21 heteroatoms. The van der Waals surface area contributed by atoms with Gasteiger partial charge in [-0.3, -0.25) is 25.5 Å². The van der Waals surface area contributed by atoms with Gasteiger partial charge in [-0.2, -0.15) is 0 Å². The second-order valence-corrected chi connectivity index (χ2v) is 13.1. The molecular formula is C22H43BN7O11P2+2. The summed E-state index contributed by atoms with van der Waals surface area (Å²) in [5.41, 5.74) is 4.84. The first kappa shape index (κ1) is 36.2. The fourth-order valence-corrected chi connectivity index (χ4v) is 6.24. The molecule has 3 heterocycles. The van der Waals surface area contributed by atoms with Crippen molar-refractivity contribution < 1.29 is 52.1 Å². The highest BCUT2D eigenvalue weighted by Crippen LogP contribution is 2.42. The second kappa shape index (κ2) is 16.9. The van der Waals surface area contributed by atoms with Gasteiger partial charge in [0, 0.05) is 40.7 Å². The van der Waals surface area contributed by atoms with E-state index in [1.54, 1.807) is 4.90 Å². The number of aliphatic hydroxyl groups is 3. The quantitative estimate of drug-likeness (QED) is 0.0430. The van der Waals surface area contributed by atoms with Gasteiger partial charge in [-0.25, -0.2) is 4.90 Å². The maximum Gasteiger partial charge on any atom is 0.747 e. The number of fused-ring (bicyclic) bond motifs is 1.